The van der Waals surface area contributed by atoms with Gasteiger partial charge in [-0.25, -0.2) is 0 Å². The predicted molar refractivity (Wildman–Crippen MR) is 118 cm³/mol. The highest BCUT2D eigenvalue weighted by Crippen LogP contribution is 2.35. The Labute approximate surface area is 173 Å². The predicted octanol–water partition coefficient (Wildman–Crippen LogP) is 4.10. The van der Waals surface area contributed by atoms with Gasteiger partial charge in [-0.2, -0.15) is 8.75 Å². The van der Waals surface area contributed by atoms with Crippen molar-refractivity contribution in [2.24, 2.45) is 0 Å². The van der Waals surface area contributed by atoms with Crippen molar-refractivity contribution in [3.8, 4) is 0 Å². The van der Waals surface area contributed by atoms with Gasteiger partial charge in [-0.1, -0.05) is 6.92 Å². The molecule has 0 spiro atoms. The zero-order valence-corrected chi connectivity index (χ0v) is 17.6. The zero-order chi connectivity index (χ0) is 20.5. The molecule has 0 saturated carbocycles. The Kier molecular flexibility index (Phi) is 5.33. The molecule has 0 bridgehead atoms. The summed E-state index contributed by atoms with van der Waals surface area (Å²) < 4.78 is 8.43. The number of nitrogens with one attached hydrogen (secondary N) is 1. The maximum Gasteiger partial charge on any atom is 0.298 e. The number of aryl methyl sites for hydroxylation is 2. The lowest BCUT2D eigenvalue weighted by Crippen LogP contribution is -2.46. The molecule has 1 saturated heterocycles. The molecule has 9 heteroatoms. The molecule has 2 aromatic carbocycles. The summed E-state index contributed by atoms with van der Waals surface area (Å²) in [6.45, 7) is 11.5. The third-order valence-electron chi connectivity index (χ3n) is 5.54. The summed E-state index contributed by atoms with van der Waals surface area (Å²) in [5.41, 5.74) is 5.80. The number of aromatic nitrogens is 2. The molecule has 1 aliphatic rings. The number of nitro benzene ring substituents is 1. The summed E-state index contributed by atoms with van der Waals surface area (Å²) in [6.07, 6.45) is 0. The van der Waals surface area contributed by atoms with Crippen LogP contribution < -0.4 is 10.2 Å². The molecular formula is C20H24N6O2S. The molecule has 152 valence electrons. The van der Waals surface area contributed by atoms with Gasteiger partial charge in [0, 0.05) is 43.6 Å². The van der Waals surface area contributed by atoms with Crippen molar-refractivity contribution in [2.75, 3.05) is 42.9 Å². The van der Waals surface area contributed by atoms with Crippen molar-refractivity contribution in [1.82, 2.24) is 13.6 Å². The molecule has 0 amide bonds. The quantitative estimate of drug-likeness (QED) is 0.498. The minimum absolute atomic E-state index is 0.00505. The summed E-state index contributed by atoms with van der Waals surface area (Å²) >= 11 is 0.989. The molecular weight excluding hydrogens is 388 g/mol. The number of nitrogens with zero attached hydrogens (tertiary/aromatic N) is 5. The highest BCUT2D eigenvalue weighted by atomic mass is 32.1. The fraction of sp³-hybridized carbons (Fsp3) is 0.400. The van der Waals surface area contributed by atoms with Gasteiger partial charge in [-0.15, -0.1) is 0 Å². The van der Waals surface area contributed by atoms with E-state index in [2.05, 4.69) is 55.9 Å². The number of hydrogen-bond donors (Lipinski definition) is 1. The van der Waals surface area contributed by atoms with Gasteiger partial charge in [-0.3, -0.25) is 10.1 Å². The monoisotopic (exact) mass is 412 g/mol. The smallest absolute Gasteiger partial charge is 0.298 e. The molecule has 1 aliphatic heterocycles. The van der Waals surface area contributed by atoms with Crippen LogP contribution in [0.3, 0.4) is 0 Å². The summed E-state index contributed by atoms with van der Waals surface area (Å²) in [4.78, 5) is 15.8. The van der Waals surface area contributed by atoms with Crippen LogP contribution in [0.15, 0.2) is 24.3 Å². The fourth-order valence-electron chi connectivity index (χ4n) is 3.89. The van der Waals surface area contributed by atoms with E-state index in [4.69, 9.17) is 0 Å². The van der Waals surface area contributed by atoms with Crippen LogP contribution in [0.2, 0.25) is 0 Å². The maximum absolute atomic E-state index is 11.3. The highest BCUT2D eigenvalue weighted by Gasteiger charge is 2.22. The Balaban J connectivity index is 1.60. The van der Waals surface area contributed by atoms with Crippen LogP contribution in [0.4, 0.5) is 22.7 Å². The third kappa shape index (κ3) is 3.75. The summed E-state index contributed by atoms with van der Waals surface area (Å²) in [5, 5.41) is 14.7. The first-order valence-electron chi connectivity index (χ1n) is 9.73. The van der Waals surface area contributed by atoms with E-state index in [0.29, 0.717) is 11.0 Å². The first kappa shape index (κ1) is 19.5. The van der Waals surface area contributed by atoms with Crippen LogP contribution >= 0.6 is 11.7 Å². The molecule has 1 N–H and O–H groups in total. The molecule has 0 radical (unpaired) electrons. The van der Waals surface area contributed by atoms with E-state index in [9.17, 15) is 10.1 Å². The molecule has 0 unspecified atom stereocenters. The minimum Gasteiger partial charge on any atom is -0.369 e. The van der Waals surface area contributed by atoms with Gasteiger partial charge in [0.25, 0.3) is 5.69 Å². The first-order chi connectivity index (χ1) is 14.0. The van der Waals surface area contributed by atoms with Crippen LogP contribution in [-0.2, 0) is 0 Å². The molecule has 0 atom stereocenters. The number of hydrogen-bond acceptors (Lipinski definition) is 8. The molecule has 29 heavy (non-hydrogen) atoms. The minimum atomic E-state index is -0.405. The van der Waals surface area contributed by atoms with E-state index >= 15 is 0 Å². The van der Waals surface area contributed by atoms with Crippen LogP contribution in [0.1, 0.15) is 18.1 Å². The third-order valence-corrected chi connectivity index (χ3v) is 6.07. The topological polar surface area (TPSA) is 87.4 Å². The van der Waals surface area contributed by atoms with Crippen molar-refractivity contribution in [3.63, 3.8) is 0 Å². The number of likely N-dealkylation sites (N-methyl/N-ethyl adjacent to an activating group) is 1. The standard InChI is InChI=1S/C20H24N6O2S/c1-4-24-7-9-25(10-8-24)16-6-5-15(11-13(16)2)21-18-14(3)12-17(26(27)28)19-20(18)23-29-22-19/h5-6,11-12,21H,4,7-10H2,1-3H3. The SMILES string of the molecule is CCN1CCN(c2ccc(Nc3c(C)cc([N+](=O)[O-])c4nsnc34)cc2C)CC1. The van der Waals surface area contributed by atoms with Crippen LogP contribution in [-0.4, -0.2) is 51.3 Å². The Morgan fingerprint density at radius 3 is 2.48 bits per heavy atom. The average molecular weight is 413 g/mol. The number of benzene rings is 2. The van der Waals surface area contributed by atoms with Gasteiger partial charge in [0.15, 0.2) is 5.52 Å². The van der Waals surface area contributed by atoms with Gasteiger partial charge >= 0.3 is 0 Å². The van der Waals surface area contributed by atoms with Gasteiger partial charge in [-0.05, 0) is 49.7 Å². The molecule has 0 aliphatic carbocycles. The van der Waals surface area contributed by atoms with Crippen molar-refractivity contribution in [3.05, 3.63) is 45.5 Å². The van der Waals surface area contributed by atoms with E-state index < -0.39 is 4.92 Å². The number of rotatable bonds is 5. The van der Waals surface area contributed by atoms with E-state index in [1.807, 2.05) is 6.92 Å². The largest absolute Gasteiger partial charge is 0.369 e. The molecule has 3 aromatic rings. The second-order valence-electron chi connectivity index (χ2n) is 7.35. The Hall–Kier alpha value is -2.78. The van der Waals surface area contributed by atoms with Crippen molar-refractivity contribution >= 4 is 45.5 Å². The molecule has 2 heterocycles. The van der Waals surface area contributed by atoms with Gasteiger partial charge < -0.3 is 15.1 Å². The first-order valence-corrected chi connectivity index (χ1v) is 10.5. The van der Waals surface area contributed by atoms with E-state index in [1.54, 1.807) is 6.07 Å². The van der Waals surface area contributed by atoms with Gasteiger partial charge in [0.2, 0.25) is 0 Å². The summed E-state index contributed by atoms with van der Waals surface area (Å²) in [7, 11) is 0. The number of non-ortho nitro benzene ring substituents is 1. The summed E-state index contributed by atoms with van der Waals surface area (Å²) in [6, 6.07) is 7.88. The number of piperazine rings is 1. The van der Waals surface area contributed by atoms with Crippen molar-refractivity contribution in [1.29, 1.82) is 0 Å². The Morgan fingerprint density at radius 2 is 1.83 bits per heavy atom. The molecule has 4 rings (SSSR count). The second-order valence-corrected chi connectivity index (χ2v) is 7.88. The average Bonchev–Trinajstić information content (AvgIpc) is 3.19. The lowest BCUT2D eigenvalue weighted by atomic mass is 10.1. The van der Waals surface area contributed by atoms with Crippen LogP contribution in [0.5, 0.6) is 0 Å². The number of anilines is 3. The Morgan fingerprint density at radius 1 is 1.10 bits per heavy atom. The number of fused-ring (bicyclic) bond motifs is 1. The highest BCUT2D eigenvalue weighted by molar-refractivity contribution is 7.00. The van der Waals surface area contributed by atoms with Crippen molar-refractivity contribution < 1.29 is 4.92 Å². The zero-order valence-electron chi connectivity index (χ0n) is 16.8. The molecule has 8 nitrogen and oxygen atoms in total. The van der Waals surface area contributed by atoms with Crippen molar-refractivity contribution in [2.45, 2.75) is 20.8 Å². The van der Waals surface area contributed by atoms with E-state index in [0.717, 1.165) is 61.4 Å². The summed E-state index contributed by atoms with van der Waals surface area (Å²) in [5.74, 6) is 0. The Bertz CT molecular complexity index is 1060. The maximum atomic E-state index is 11.3. The lowest BCUT2D eigenvalue weighted by Gasteiger charge is -2.36. The molecule has 1 aromatic heterocycles. The van der Waals surface area contributed by atoms with Gasteiger partial charge in [0.05, 0.1) is 22.3 Å². The molecule has 1 fully saturated rings. The second kappa shape index (κ2) is 7.92. The fourth-order valence-corrected chi connectivity index (χ4v) is 4.45. The lowest BCUT2D eigenvalue weighted by molar-refractivity contribution is -0.383. The van der Waals surface area contributed by atoms with Gasteiger partial charge in [0.1, 0.15) is 5.52 Å². The number of nitro groups is 1. The van der Waals surface area contributed by atoms with Crippen LogP contribution in [0.25, 0.3) is 11.0 Å². The van der Waals surface area contributed by atoms with E-state index in [1.165, 1.54) is 11.3 Å². The van der Waals surface area contributed by atoms with Crippen LogP contribution in [0, 0.1) is 24.0 Å². The van der Waals surface area contributed by atoms with E-state index in [-0.39, 0.29) is 5.69 Å². The normalized spacial score (nSPS) is 15.1.